The number of hydrogen-bond acceptors (Lipinski definition) is 4. The Balaban J connectivity index is 1.93. The largest absolute Gasteiger partial charge is 0.481 e. The summed E-state index contributed by atoms with van der Waals surface area (Å²) in [5.41, 5.74) is 2.06. The summed E-state index contributed by atoms with van der Waals surface area (Å²) in [6.45, 7) is 0.727. The summed E-state index contributed by atoms with van der Waals surface area (Å²) in [6, 6.07) is 5.66. The normalized spacial score (nSPS) is 9.93. The summed E-state index contributed by atoms with van der Waals surface area (Å²) in [5, 5.41) is 3.22. The highest BCUT2D eigenvalue weighted by Crippen LogP contribution is 2.12. The van der Waals surface area contributed by atoms with Crippen molar-refractivity contribution in [2.75, 3.05) is 12.4 Å². The van der Waals surface area contributed by atoms with Gasteiger partial charge in [-0.1, -0.05) is 0 Å². The standard InChI is InChI=1S/C11H12N2O2/c1-14-11-3-2-10(7-13-11)12-6-9-4-5-15-8-9/h2-5,7-8,12H,6H2,1H3. The zero-order valence-electron chi connectivity index (χ0n) is 8.43. The van der Waals surface area contributed by atoms with Gasteiger partial charge in [0, 0.05) is 18.2 Å². The van der Waals surface area contributed by atoms with Gasteiger partial charge < -0.3 is 14.5 Å². The lowest BCUT2D eigenvalue weighted by Crippen LogP contribution is -1.98. The maximum atomic E-state index is 4.97. The van der Waals surface area contributed by atoms with Crippen molar-refractivity contribution >= 4 is 5.69 Å². The lowest BCUT2D eigenvalue weighted by atomic mass is 10.3. The molecule has 15 heavy (non-hydrogen) atoms. The van der Waals surface area contributed by atoms with Crippen LogP contribution in [0.25, 0.3) is 0 Å². The molecule has 0 amide bonds. The molecule has 0 spiro atoms. The molecule has 2 rings (SSSR count). The minimum absolute atomic E-state index is 0.615. The third-order valence-electron chi connectivity index (χ3n) is 2.02. The summed E-state index contributed by atoms with van der Waals surface area (Å²) >= 11 is 0. The molecule has 78 valence electrons. The molecule has 0 radical (unpaired) electrons. The molecule has 4 nitrogen and oxygen atoms in total. The number of nitrogens with one attached hydrogen (secondary N) is 1. The number of pyridine rings is 1. The van der Waals surface area contributed by atoms with Gasteiger partial charge in [-0.15, -0.1) is 0 Å². The summed E-state index contributed by atoms with van der Waals surface area (Å²) in [6.07, 6.45) is 5.10. The SMILES string of the molecule is COc1ccc(NCc2ccoc2)cn1. The predicted molar refractivity (Wildman–Crippen MR) is 56.8 cm³/mol. The van der Waals surface area contributed by atoms with Gasteiger partial charge in [-0.05, 0) is 12.1 Å². The Morgan fingerprint density at radius 3 is 2.93 bits per heavy atom. The molecule has 0 aliphatic heterocycles. The molecule has 0 saturated heterocycles. The molecule has 4 heteroatoms. The van der Waals surface area contributed by atoms with Crippen LogP contribution in [0.4, 0.5) is 5.69 Å². The summed E-state index contributed by atoms with van der Waals surface area (Å²) in [4.78, 5) is 4.09. The molecule has 0 bridgehead atoms. The fourth-order valence-corrected chi connectivity index (χ4v) is 1.20. The molecule has 0 fully saturated rings. The highest BCUT2D eigenvalue weighted by Gasteiger charge is 1.96. The van der Waals surface area contributed by atoms with Crippen LogP contribution < -0.4 is 10.1 Å². The Bertz CT molecular complexity index is 395. The van der Waals surface area contributed by atoms with E-state index in [1.807, 2.05) is 18.2 Å². The van der Waals surface area contributed by atoms with Crippen LogP contribution in [0.2, 0.25) is 0 Å². The van der Waals surface area contributed by atoms with Gasteiger partial charge in [0.15, 0.2) is 0 Å². The maximum Gasteiger partial charge on any atom is 0.213 e. The van der Waals surface area contributed by atoms with Crippen molar-refractivity contribution in [2.45, 2.75) is 6.54 Å². The van der Waals surface area contributed by atoms with E-state index in [9.17, 15) is 0 Å². The summed E-state index contributed by atoms with van der Waals surface area (Å²) in [7, 11) is 1.60. The molecule has 0 unspecified atom stereocenters. The van der Waals surface area contributed by atoms with Gasteiger partial charge in [-0.3, -0.25) is 0 Å². The predicted octanol–water partition coefficient (Wildman–Crippen LogP) is 2.30. The smallest absolute Gasteiger partial charge is 0.213 e. The Labute approximate surface area is 87.9 Å². The molecule has 0 atom stereocenters. The van der Waals surface area contributed by atoms with E-state index >= 15 is 0 Å². The van der Waals surface area contributed by atoms with Crippen molar-refractivity contribution in [1.82, 2.24) is 4.98 Å². The number of rotatable bonds is 4. The minimum Gasteiger partial charge on any atom is -0.481 e. The summed E-state index contributed by atoms with van der Waals surface area (Å²) in [5.74, 6) is 0.615. The van der Waals surface area contributed by atoms with E-state index in [1.54, 1.807) is 25.8 Å². The molecule has 2 aromatic rings. The molecule has 2 aromatic heterocycles. The molecule has 0 aliphatic carbocycles. The number of methoxy groups -OCH3 is 1. The zero-order chi connectivity index (χ0) is 10.5. The second-order valence-electron chi connectivity index (χ2n) is 3.07. The van der Waals surface area contributed by atoms with Crippen LogP contribution in [0.15, 0.2) is 41.3 Å². The number of ether oxygens (including phenoxy) is 1. The second kappa shape index (κ2) is 4.50. The average molecular weight is 204 g/mol. The molecule has 0 aliphatic rings. The van der Waals surface area contributed by atoms with Crippen LogP contribution in [-0.2, 0) is 6.54 Å². The van der Waals surface area contributed by atoms with Gasteiger partial charge in [0.25, 0.3) is 0 Å². The van der Waals surface area contributed by atoms with Crippen molar-refractivity contribution in [3.63, 3.8) is 0 Å². The highest BCUT2D eigenvalue weighted by atomic mass is 16.5. The van der Waals surface area contributed by atoms with Gasteiger partial charge in [-0.2, -0.15) is 0 Å². The van der Waals surface area contributed by atoms with Crippen LogP contribution in [-0.4, -0.2) is 12.1 Å². The zero-order valence-corrected chi connectivity index (χ0v) is 8.43. The first-order chi connectivity index (χ1) is 7.38. The number of anilines is 1. The minimum atomic E-state index is 0.615. The van der Waals surface area contributed by atoms with Gasteiger partial charge in [0.1, 0.15) is 0 Å². The first kappa shape index (κ1) is 9.58. The van der Waals surface area contributed by atoms with Gasteiger partial charge in [-0.25, -0.2) is 4.98 Å². The monoisotopic (exact) mass is 204 g/mol. The topological polar surface area (TPSA) is 47.3 Å². The quantitative estimate of drug-likeness (QED) is 0.830. The molecular weight excluding hydrogens is 192 g/mol. The Morgan fingerprint density at radius 2 is 2.33 bits per heavy atom. The average Bonchev–Trinajstić information content (AvgIpc) is 2.80. The van der Waals surface area contributed by atoms with Crippen molar-refractivity contribution in [2.24, 2.45) is 0 Å². The number of hydrogen-bond donors (Lipinski definition) is 1. The van der Waals surface area contributed by atoms with E-state index in [-0.39, 0.29) is 0 Å². The molecule has 1 N–H and O–H groups in total. The fourth-order valence-electron chi connectivity index (χ4n) is 1.20. The van der Waals surface area contributed by atoms with Gasteiger partial charge >= 0.3 is 0 Å². The first-order valence-electron chi connectivity index (χ1n) is 4.63. The molecular formula is C11H12N2O2. The maximum absolute atomic E-state index is 4.97. The van der Waals surface area contributed by atoms with E-state index in [1.165, 1.54) is 0 Å². The summed E-state index contributed by atoms with van der Waals surface area (Å²) < 4.78 is 9.93. The van der Waals surface area contributed by atoms with Crippen molar-refractivity contribution in [1.29, 1.82) is 0 Å². The van der Waals surface area contributed by atoms with Crippen LogP contribution in [0.3, 0.4) is 0 Å². The Morgan fingerprint density at radius 1 is 1.40 bits per heavy atom. The van der Waals surface area contributed by atoms with E-state index in [2.05, 4.69) is 10.3 Å². The molecule has 0 aromatic carbocycles. The van der Waals surface area contributed by atoms with E-state index < -0.39 is 0 Å². The van der Waals surface area contributed by atoms with Crippen molar-refractivity contribution in [3.05, 3.63) is 42.5 Å². The van der Waals surface area contributed by atoms with Crippen LogP contribution in [0, 0.1) is 0 Å². The first-order valence-corrected chi connectivity index (χ1v) is 4.63. The molecule has 0 saturated carbocycles. The van der Waals surface area contributed by atoms with E-state index in [0.717, 1.165) is 17.8 Å². The lowest BCUT2D eigenvalue weighted by molar-refractivity contribution is 0.398. The Hall–Kier alpha value is -1.97. The van der Waals surface area contributed by atoms with Gasteiger partial charge in [0.05, 0.1) is 31.5 Å². The number of nitrogens with zero attached hydrogens (tertiary/aromatic N) is 1. The van der Waals surface area contributed by atoms with Crippen molar-refractivity contribution in [3.8, 4) is 5.88 Å². The third kappa shape index (κ3) is 2.49. The van der Waals surface area contributed by atoms with Gasteiger partial charge in [0.2, 0.25) is 5.88 Å². The third-order valence-corrected chi connectivity index (χ3v) is 2.02. The van der Waals surface area contributed by atoms with Crippen molar-refractivity contribution < 1.29 is 9.15 Å². The van der Waals surface area contributed by atoms with E-state index in [4.69, 9.17) is 9.15 Å². The van der Waals surface area contributed by atoms with E-state index in [0.29, 0.717) is 5.88 Å². The number of furan rings is 1. The molecule has 2 heterocycles. The Kier molecular flexibility index (Phi) is 2.88. The highest BCUT2D eigenvalue weighted by molar-refractivity contribution is 5.42. The van der Waals surface area contributed by atoms with Crippen LogP contribution in [0.5, 0.6) is 5.88 Å². The fraction of sp³-hybridized carbons (Fsp3) is 0.182. The second-order valence-corrected chi connectivity index (χ2v) is 3.07. The lowest BCUT2D eigenvalue weighted by Gasteiger charge is -2.04. The van der Waals surface area contributed by atoms with Crippen LogP contribution in [0.1, 0.15) is 5.56 Å². The number of aromatic nitrogens is 1. The van der Waals surface area contributed by atoms with Crippen LogP contribution >= 0.6 is 0 Å².